The second-order valence-electron chi connectivity index (χ2n) is 0.666. The van der Waals surface area contributed by atoms with Crippen LogP contribution in [0.1, 0.15) is 0 Å². The highest BCUT2D eigenvalue weighted by molar-refractivity contribution is 8.04. The van der Waals surface area contributed by atoms with Crippen LogP contribution in [-0.4, -0.2) is 5.51 Å². The molecule has 0 unspecified atom stereocenters. The summed E-state index contributed by atoms with van der Waals surface area (Å²) in [6.07, 6.45) is 4.31. The second kappa shape index (κ2) is 2.12. The first kappa shape index (κ1) is 6.70. The van der Waals surface area contributed by atoms with Crippen molar-refractivity contribution in [1.82, 2.24) is 0 Å². The Kier molecular flexibility index (Phi) is 2.03. The van der Waals surface area contributed by atoms with Crippen molar-refractivity contribution in [3.8, 4) is 11.7 Å². The van der Waals surface area contributed by atoms with Gasteiger partial charge < -0.3 is 0 Å². The summed E-state index contributed by atoms with van der Waals surface area (Å²) < 4.78 is 32.6. The van der Waals surface area contributed by atoms with Gasteiger partial charge in [0, 0.05) is 11.8 Å². The van der Waals surface area contributed by atoms with Gasteiger partial charge in [-0.25, -0.2) is 0 Å². The lowest BCUT2D eigenvalue weighted by molar-refractivity contribution is -0.0318. The maximum Gasteiger partial charge on any atom is 0.453 e. The molecule has 0 aromatic carbocycles. The van der Waals surface area contributed by atoms with E-state index in [0.29, 0.717) is 0 Å². The zero-order chi connectivity index (χ0) is 5.91. The SMILES string of the molecule is C#CSC(F)(F)F. The molecule has 0 aliphatic rings. The molecule has 4 heteroatoms. The largest absolute Gasteiger partial charge is 0.453 e. The number of rotatable bonds is 0. The highest BCUT2D eigenvalue weighted by Gasteiger charge is 2.26. The Morgan fingerprint density at radius 1 is 1.43 bits per heavy atom. The van der Waals surface area contributed by atoms with E-state index in [4.69, 9.17) is 0 Å². The average Bonchev–Trinajstić information content (AvgIpc) is 1.30. The predicted octanol–water partition coefficient (Wildman–Crippen LogP) is 1.83. The van der Waals surface area contributed by atoms with E-state index in [1.807, 2.05) is 0 Å². The fourth-order valence-corrected chi connectivity index (χ4v) is 0.200. The third-order valence-corrected chi connectivity index (χ3v) is 0.524. The zero-order valence-corrected chi connectivity index (χ0v) is 3.94. The van der Waals surface area contributed by atoms with Gasteiger partial charge in [0.1, 0.15) is 0 Å². The first-order valence-electron chi connectivity index (χ1n) is 1.26. The van der Waals surface area contributed by atoms with Gasteiger partial charge in [-0.3, -0.25) is 0 Å². The van der Waals surface area contributed by atoms with Gasteiger partial charge >= 0.3 is 5.51 Å². The smallest absolute Gasteiger partial charge is 0.160 e. The van der Waals surface area contributed by atoms with Crippen molar-refractivity contribution in [1.29, 1.82) is 0 Å². The highest BCUT2D eigenvalue weighted by atomic mass is 32.2. The quantitative estimate of drug-likeness (QED) is 0.446. The molecular formula is C3HF3S. The molecule has 7 heavy (non-hydrogen) atoms. The third-order valence-electron chi connectivity index (χ3n) is 0.175. The monoisotopic (exact) mass is 126 g/mol. The molecule has 0 fully saturated rings. The van der Waals surface area contributed by atoms with Crippen molar-refractivity contribution < 1.29 is 13.2 Å². The summed E-state index contributed by atoms with van der Waals surface area (Å²) in [7, 11) is 0. The molecule has 0 bridgehead atoms. The molecule has 0 aliphatic heterocycles. The molecule has 0 aromatic rings. The number of hydrogen-bond acceptors (Lipinski definition) is 1. The van der Waals surface area contributed by atoms with Gasteiger partial charge in [-0.05, 0) is 5.25 Å². The van der Waals surface area contributed by atoms with Crippen LogP contribution in [-0.2, 0) is 0 Å². The van der Waals surface area contributed by atoms with Crippen LogP contribution in [0.5, 0.6) is 0 Å². The van der Waals surface area contributed by atoms with E-state index in [1.165, 1.54) is 5.25 Å². The van der Waals surface area contributed by atoms with E-state index in [1.54, 1.807) is 0 Å². The van der Waals surface area contributed by atoms with Gasteiger partial charge in [-0.2, -0.15) is 13.2 Å². The molecule has 0 nitrogen and oxygen atoms in total. The van der Waals surface area contributed by atoms with Crippen LogP contribution < -0.4 is 0 Å². The Bertz CT molecular complexity index is 87.3. The molecule has 0 atom stereocenters. The molecule has 0 aromatic heterocycles. The third kappa shape index (κ3) is 5.70. The Labute approximate surface area is 43.1 Å². The van der Waals surface area contributed by atoms with Gasteiger partial charge in [0.25, 0.3) is 0 Å². The van der Waals surface area contributed by atoms with Gasteiger partial charge in [0.15, 0.2) is 0 Å². The van der Waals surface area contributed by atoms with Gasteiger partial charge in [0.05, 0.1) is 0 Å². The summed E-state index contributed by atoms with van der Waals surface area (Å²) >= 11 is -0.484. The van der Waals surface area contributed by atoms with Crippen molar-refractivity contribution in [3.05, 3.63) is 0 Å². The van der Waals surface area contributed by atoms with Gasteiger partial charge in [0.2, 0.25) is 0 Å². The Hall–Kier alpha value is -0.300. The summed E-state index contributed by atoms with van der Waals surface area (Å²) in [5.74, 6) is 0. The fraction of sp³-hybridized carbons (Fsp3) is 0.333. The summed E-state index contributed by atoms with van der Waals surface area (Å²) in [6, 6.07) is 0. The summed E-state index contributed by atoms with van der Waals surface area (Å²) in [6.45, 7) is 0. The van der Waals surface area contributed by atoms with Crippen molar-refractivity contribution in [2.24, 2.45) is 0 Å². The summed E-state index contributed by atoms with van der Waals surface area (Å²) in [5.41, 5.74) is -4.27. The molecular weight excluding hydrogens is 125 g/mol. The van der Waals surface area contributed by atoms with E-state index in [-0.39, 0.29) is 0 Å². The maximum atomic E-state index is 10.9. The number of halogens is 3. The van der Waals surface area contributed by atoms with Crippen LogP contribution in [0.15, 0.2) is 0 Å². The normalized spacial score (nSPS) is 10.6. The Morgan fingerprint density at radius 2 is 1.86 bits per heavy atom. The van der Waals surface area contributed by atoms with Crippen LogP contribution in [0, 0.1) is 11.7 Å². The summed E-state index contributed by atoms with van der Waals surface area (Å²) in [5, 5.41) is 1.40. The molecule has 0 radical (unpaired) electrons. The molecule has 0 aliphatic carbocycles. The van der Waals surface area contributed by atoms with Crippen LogP contribution in [0.3, 0.4) is 0 Å². The highest BCUT2D eigenvalue weighted by Crippen LogP contribution is 2.28. The molecule has 0 saturated carbocycles. The van der Waals surface area contributed by atoms with Crippen molar-refractivity contribution in [2.45, 2.75) is 5.51 Å². The Balaban J connectivity index is 3.40. The van der Waals surface area contributed by atoms with Gasteiger partial charge in [-0.1, -0.05) is 0 Å². The zero-order valence-electron chi connectivity index (χ0n) is 3.12. The van der Waals surface area contributed by atoms with Crippen LogP contribution >= 0.6 is 11.8 Å². The Morgan fingerprint density at radius 3 is 1.86 bits per heavy atom. The standard InChI is InChI=1S/C3HF3S/c1-2-7-3(4,5)6/h1H. The first-order valence-corrected chi connectivity index (χ1v) is 2.08. The maximum absolute atomic E-state index is 10.9. The molecule has 0 heterocycles. The molecule has 0 saturated heterocycles. The number of thioether (sulfide) groups is 1. The lowest BCUT2D eigenvalue weighted by Gasteiger charge is -1.94. The van der Waals surface area contributed by atoms with Crippen molar-refractivity contribution in [3.63, 3.8) is 0 Å². The lowest BCUT2D eigenvalue weighted by Crippen LogP contribution is -1.96. The molecule has 0 rings (SSSR count). The van der Waals surface area contributed by atoms with Crippen molar-refractivity contribution >= 4 is 11.8 Å². The minimum Gasteiger partial charge on any atom is -0.160 e. The van der Waals surface area contributed by atoms with Crippen LogP contribution in [0.2, 0.25) is 0 Å². The van der Waals surface area contributed by atoms with Crippen LogP contribution in [0.25, 0.3) is 0 Å². The topological polar surface area (TPSA) is 0 Å². The molecule has 0 spiro atoms. The van der Waals surface area contributed by atoms with E-state index in [0.717, 1.165) is 0 Å². The number of terminal acetylenes is 1. The van der Waals surface area contributed by atoms with Gasteiger partial charge in [-0.15, -0.1) is 6.42 Å². The first-order chi connectivity index (χ1) is 3.06. The summed E-state index contributed by atoms with van der Waals surface area (Å²) in [4.78, 5) is 0. The van der Waals surface area contributed by atoms with E-state index in [2.05, 4.69) is 6.42 Å². The lowest BCUT2D eigenvalue weighted by atomic mass is 11.4. The number of alkyl halides is 3. The second-order valence-corrected chi connectivity index (χ2v) is 1.57. The molecule has 0 amide bonds. The fourth-order valence-electron chi connectivity index (χ4n) is 0.0668. The molecule has 0 N–H and O–H groups in total. The number of hydrogen-bond donors (Lipinski definition) is 0. The average molecular weight is 126 g/mol. The van der Waals surface area contributed by atoms with E-state index >= 15 is 0 Å². The van der Waals surface area contributed by atoms with Crippen molar-refractivity contribution in [2.75, 3.05) is 0 Å². The predicted molar refractivity (Wildman–Crippen MR) is 22.5 cm³/mol. The molecule has 40 valence electrons. The minimum absolute atomic E-state index is 0.484. The van der Waals surface area contributed by atoms with E-state index < -0.39 is 17.3 Å². The van der Waals surface area contributed by atoms with Crippen LogP contribution in [0.4, 0.5) is 13.2 Å². The minimum atomic E-state index is -4.27. The van der Waals surface area contributed by atoms with E-state index in [9.17, 15) is 13.2 Å².